The van der Waals surface area contributed by atoms with E-state index in [-0.39, 0.29) is 55.2 Å². The van der Waals surface area contributed by atoms with Gasteiger partial charge in [0.1, 0.15) is 48.1 Å². The zero-order valence-corrected chi connectivity index (χ0v) is 53.4. The van der Waals surface area contributed by atoms with Gasteiger partial charge in [-0.25, -0.2) is 4.79 Å². The Labute approximate surface area is 499 Å². The van der Waals surface area contributed by atoms with Gasteiger partial charge in [-0.1, -0.05) is 109 Å². The highest BCUT2D eigenvalue weighted by Crippen LogP contribution is 2.34. The first kappa shape index (κ1) is 70.1. The Kier molecular flexibility index (Phi) is 27.2. The first-order valence-electron chi connectivity index (χ1n) is 29.6. The molecule has 0 bridgehead atoms. The van der Waals surface area contributed by atoms with Crippen molar-refractivity contribution in [3.63, 3.8) is 0 Å². The summed E-state index contributed by atoms with van der Waals surface area (Å²) >= 11 is 0. The fourth-order valence-electron chi connectivity index (χ4n) is 10.7. The Hall–Kier alpha value is -5.42. The summed E-state index contributed by atoms with van der Waals surface area (Å²) in [5, 5.41) is 20.1. The molecule has 4 N–H and O–H groups in total. The number of ether oxygens (including phenoxy) is 3. The number of carbonyl (C=O) groups is 10. The van der Waals surface area contributed by atoms with Crippen molar-refractivity contribution in [3.05, 3.63) is 29.8 Å². The van der Waals surface area contributed by atoms with Crippen LogP contribution in [0, 0.1) is 29.6 Å². The molecule has 1 unspecified atom stereocenters. The number of Topliss-reactive ketones (excluding diaryl/α,β-unsaturated/α-hetero) is 1. The Morgan fingerprint density at radius 2 is 1.48 bits per heavy atom. The molecule has 7 amide bonds. The third kappa shape index (κ3) is 19.0. The number of aliphatic hydroxyl groups is 1. The topological polar surface area (TPSA) is 268 Å². The van der Waals surface area contributed by atoms with Crippen molar-refractivity contribution < 1.29 is 67.3 Å². The van der Waals surface area contributed by atoms with Crippen molar-refractivity contribution >= 4 is 80.7 Å². The molecule has 13 atom stereocenters. The maximum absolute atomic E-state index is 15.1. The quantitative estimate of drug-likeness (QED) is 0.0845. The molecular formula is C60H95N7O14S2. The first-order chi connectivity index (χ1) is 38.9. The maximum atomic E-state index is 15.1. The van der Waals surface area contributed by atoms with E-state index in [0.717, 1.165) is 0 Å². The Balaban J connectivity index is 1.87. The third-order valence-corrected chi connectivity index (χ3v) is 19.2. The van der Waals surface area contributed by atoms with Gasteiger partial charge in [0, 0.05) is 38.9 Å². The Bertz CT molecular complexity index is 2430. The fraction of sp³-hybridized carbons (Fsp3) is 0.733. The SMILES string of the molecule is CC[C@H](C)[C@@H]1NC(=O)[C@@H](NC(=O)[C@@H](CC(C)C)N(C)C(=O)[C@@H]2CCCN2C(=O)C(C)SSC(C)C)[C@@H](C)OC(=O)[C@H](Cc2ccc(OC)cc2)N(C)C(=O)[C@@H]2CCCN2C(=O)[C@H](CC(C)C)NC(=O)[C@@H](C)C(=O)[C@H](C(C)C)OC(=O)C[C@@H]1O. The number of hydrogen-bond donors (Lipinski definition) is 4. The number of benzene rings is 1. The molecule has 4 rings (SSSR count). The number of ketones is 1. The highest BCUT2D eigenvalue weighted by atomic mass is 33.1. The molecule has 466 valence electrons. The molecule has 3 aliphatic heterocycles. The van der Waals surface area contributed by atoms with Crippen LogP contribution in [0.4, 0.5) is 0 Å². The van der Waals surface area contributed by atoms with Gasteiger partial charge in [-0.2, -0.15) is 0 Å². The van der Waals surface area contributed by atoms with E-state index >= 15 is 14.4 Å². The molecule has 0 aliphatic carbocycles. The van der Waals surface area contributed by atoms with Gasteiger partial charge in [-0.05, 0) is 101 Å². The lowest BCUT2D eigenvalue weighted by Gasteiger charge is -2.36. The summed E-state index contributed by atoms with van der Waals surface area (Å²) in [4.78, 5) is 151. The van der Waals surface area contributed by atoms with Crippen LogP contribution in [0.5, 0.6) is 5.75 Å². The molecule has 83 heavy (non-hydrogen) atoms. The predicted octanol–water partition coefficient (Wildman–Crippen LogP) is 5.11. The second-order valence-corrected chi connectivity index (χ2v) is 27.4. The van der Waals surface area contributed by atoms with Crippen LogP contribution in [0.25, 0.3) is 0 Å². The van der Waals surface area contributed by atoms with E-state index in [1.165, 1.54) is 60.5 Å². The van der Waals surface area contributed by atoms with Crippen molar-refractivity contribution in [1.29, 1.82) is 0 Å². The van der Waals surface area contributed by atoms with Crippen LogP contribution >= 0.6 is 21.6 Å². The Morgan fingerprint density at radius 1 is 0.843 bits per heavy atom. The number of aliphatic hydroxyl groups excluding tert-OH is 1. The summed E-state index contributed by atoms with van der Waals surface area (Å²) in [5.41, 5.74) is 0.584. The number of rotatable bonds is 18. The van der Waals surface area contributed by atoms with Crippen molar-refractivity contribution in [3.8, 4) is 5.75 Å². The molecule has 3 fully saturated rings. The molecule has 0 radical (unpaired) electrons. The molecule has 0 spiro atoms. The molecular weight excluding hydrogens is 1110 g/mol. The van der Waals surface area contributed by atoms with E-state index in [1.807, 2.05) is 41.5 Å². The molecule has 23 heteroatoms. The van der Waals surface area contributed by atoms with Crippen LogP contribution < -0.4 is 20.7 Å². The van der Waals surface area contributed by atoms with E-state index in [2.05, 4.69) is 16.0 Å². The number of cyclic esters (lactones) is 2. The van der Waals surface area contributed by atoms with Gasteiger partial charge in [0.25, 0.3) is 0 Å². The Morgan fingerprint density at radius 3 is 2.06 bits per heavy atom. The van der Waals surface area contributed by atoms with Crippen molar-refractivity contribution in [2.75, 3.05) is 34.3 Å². The number of likely N-dealkylation sites (tertiary alicyclic amines) is 1. The number of methoxy groups -OCH3 is 1. The highest BCUT2D eigenvalue weighted by molar-refractivity contribution is 8.77. The van der Waals surface area contributed by atoms with E-state index in [9.17, 15) is 38.7 Å². The van der Waals surface area contributed by atoms with Crippen LogP contribution in [0.3, 0.4) is 0 Å². The molecule has 3 aliphatic rings. The summed E-state index contributed by atoms with van der Waals surface area (Å²) in [5.74, 6) is -9.49. The number of hydrogen-bond acceptors (Lipinski definition) is 16. The second-order valence-electron chi connectivity index (χ2n) is 24.2. The van der Waals surface area contributed by atoms with Crippen LogP contribution in [-0.2, 0) is 63.8 Å². The first-order valence-corrected chi connectivity index (χ1v) is 31.8. The van der Waals surface area contributed by atoms with Gasteiger partial charge in [0.15, 0.2) is 11.9 Å². The van der Waals surface area contributed by atoms with E-state index in [0.29, 0.717) is 43.5 Å². The van der Waals surface area contributed by atoms with Gasteiger partial charge in [-0.3, -0.25) is 43.2 Å². The van der Waals surface area contributed by atoms with Crippen molar-refractivity contribution in [2.45, 2.75) is 219 Å². The molecule has 3 heterocycles. The zero-order valence-electron chi connectivity index (χ0n) is 51.8. The van der Waals surface area contributed by atoms with Gasteiger partial charge in [0.2, 0.25) is 41.4 Å². The number of esters is 2. The third-order valence-electron chi connectivity index (χ3n) is 15.9. The summed E-state index contributed by atoms with van der Waals surface area (Å²) in [6.07, 6.45) is -3.27. The molecule has 3 saturated heterocycles. The van der Waals surface area contributed by atoms with E-state index < -0.39 is 143 Å². The lowest BCUT2D eigenvalue weighted by atomic mass is 9.91. The average Bonchev–Trinajstić information content (AvgIpc) is 4.18. The van der Waals surface area contributed by atoms with Gasteiger partial charge in [0.05, 0.1) is 36.8 Å². The molecule has 0 saturated carbocycles. The van der Waals surface area contributed by atoms with Crippen molar-refractivity contribution in [2.24, 2.45) is 29.6 Å². The van der Waals surface area contributed by atoms with Gasteiger partial charge < -0.3 is 54.9 Å². The number of likely N-dealkylation sites (N-methyl/N-ethyl adjacent to an activating group) is 2. The maximum Gasteiger partial charge on any atom is 0.329 e. The lowest BCUT2D eigenvalue weighted by molar-refractivity contribution is -0.163. The second kappa shape index (κ2) is 32.2. The molecule has 21 nitrogen and oxygen atoms in total. The van der Waals surface area contributed by atoms with Crippen molar-refractivity contribution in [1.82, 2.24) is 35.6 Å². The highest BCUT2D eigenvalue weighted by Gasteiger charge is 2.46. The monoisotopic (exact) mass is 1200 g/mol. The van der Waals surface area contributed by atoms with Crippen LogP contribution in [-0.4, -0.2) is 189 Å². The smallest absolute Gasteiger partial charge is 0.329 e. The largest absolute Gasteiger partial charge is 0.497 e. The average molecular weight is 1200 g/mol. The predicted molar refractivity (Wildman–Crippen MR) is 318 cm³/mol. The van der Waals surface area contributed by atoms with E-state index in [4.69, 9.17) is 14.2 Å². The summed E-state index contributed by atoms with van der Waals surface area (Å²) < 4.78 is 17.3. The number of nitrogens with zero attached hydrogens (tertiary/aromatic N) is 4. The standard InChI is InChI=1S/C60H95N7O14S2/c1-17-36(10)49-47(68)31-48(69)81-52(34(6)7)51(70)37(11)53(71)61-42(28-32(2)3)57(75)67-27-19-21-44(67)59(77)65(15)46(30-40-22-24-41(79-16)25-23-40)60(78)80-38(12)50(55(73)62-49)63-54(72)45(29-33(4)5)64(14)58(76)43-20-18-26-66(43)56(74)39(13)83-82-35(8)9/h22-25,32-39,42-47,49-50,52,68H,17-21,26-31H2,1-16H3,(H,61,71)(H,62,73)(H,63,72)/t36-,37-,38+,39?,42-,43-,44-,45+,46-,47-,49-,50-,52-/m0/s1. The zero-order chi connectivity index (χ0) is 62.3. The van der Waals surface area contributed by atoms with Gasteiger partial charge in [-0.15, -0.1) is 0 Å². The molecule has 0 aromatic heterocycles. The molecule has 1 aromatic rings. The number of fused-ring (bicyclic) bond motifs is 1. The normalized spacial score (nSPS) is 27.0. The minimum Gasteiger partial charge on any atom is -0.497 e. The number of amides is 7. The van der Waals surface area contributed by atoms with Crippen LogP contribution in [0.2, 0.25) is 0 Å². The summed E-state index contributed by atoms with van der Waals surface area (Å²) in [6, 6.07) is -1.88. The van der Waals surface area contributed by atoms with Crippen LogP contribution in [0.1, 0.15) is 147 Å². The number of nitrogens with one attached hydrogen (secondary N) is 3. The van der Waals surface area contributed by atoms with Gasteiger partial charge >= 0.3 is 11.9 Å². The lowest BCUT2D eigenvalue weighted by Crippen LogP contribution is -2.62. The summed E-state index contributed by atoms with van der Waals surface area (Å²) in [6.45, 7) is 23.3. The molecule has 1 aromatic carbocycles. The minimum absolute atomic E-state index is 0.115. The van der Waals surface area contributed by atoms with E-state index in [1.54, 1.807) is 74.6 Å². The fourth-order valence-corrected chi connectivity index (χ4v) is 12.8. The summed E-state index contributed by atoms with van der Waals surface area (Å²) in [7, 11) is 7.39. The minimum atomic E-state index is -1.74. The van der Waals surface area contributed by atoms with Crippen LogP contribution in [0.15, 0.2) is 24.3 Å². The number of carbonyl (C=O) groups excluding carboxylic acids is 10.